The SMILES string of the molecule is [C-]#[N+]c1cc2c(Oc3ccc(CC(=O)CC4CC4)c(F)c3)ccnc2cc1OCC1CCN(C(=O)OC(C)(C)C)CC1. The first-order chi connectivity index (χ1) is 20.1. The number of nitrogens with zero attached hydrogens (tertiary/aromatic N) is 3. The van der Waals surface area contributed by atoms with Gasteiger partial charge in [-0.25, -0.2) is 14.0 Å². The Labute approximate surface area is 245 Å². The average Bonchev–Trinajstić information content (AvgIpc) is 3.76. The fraction of sp³-hybridized carbons (Fsp3) is 0.455. The molecule has 0 radical (unpaired) electrons. The van der Waals surface area contributed by atoms with Crippen LogP contribution >= 0.6 is 0 Å². The molecule has 1 amide bonds. The number of ether oxygens (including phenoxy) is 3. The Morgan fingerprint density at radius 3 is 2.48 bits per heavy atom. The minimum Gasteiger partial charge on any atom is -0.504 e. The molecule has 1 aliphatic heterocycles. The van der Waals surface area contributed by atoms with Gasteiger partial charge in [0, 0.05) is 43.6 Å². The monoisotopic (exact) mass is 573 g/mol. The molecule has 3 aromatic rings. The number of amides is 1. The van der Waals surface area contributed by atoms with E-state index in [-0.39, 0.29) is 24.2 Å². The first kappa shape index (κ1) is 29.3. The van der Waals surface area contributed by atoms with Crippen molar-refractivity contribution >= 4 is 28.5 Å². The first-order valence-electron chi connectivity index (χ1n) is 14.5. The van der Waals surface area contributed by atoms with Crippen LogP contribution in [-0.2, 0) is 16.0 Å². The van der Waals surface area contributed by atoms with E-state index in [1.807, 2.05) is 20.8 Å². The van der Waals surface area contributed by atoms with E-state index in [4.69, 9.17) is 20.8 Å². The third-order valence-electron chi connectivity index (χ3n) is 7.50. The zero-order valence-corrected chi connectivity index (χ0v) is 24.3. The Morgan fingerprint density at radius 2 is 1.81 bits per heavy atom. The van der Waals surface area contributed by atoms with Crippen LogP contribution in [0.1, 0.15) is 58.4 Å². The summed E-state index contributed by atoms with van der Waals surface area (Å²) in [6.07, 6.45) is 5.62. The topological polar surface area (TPSA) is 82.3 Å². The molecule has 2 aromatic carbocycles. The normalized spacial score (nSPS) is 15.7. The van der Waals surface area contributed by atoms with Crippen LogP contribution < -0.4 is 9.47 Å². The highest BCUT2D eigenvalue weighted by Gasteiger charge is 2.28. The predicted octanol–water partition coefficient (Wildman–Crippen LogP) is 7.65. The summed E-state index contributed by atoms with van der Waals surface area (Å²) in [5, 5.41) is 0.602. The number of Topliss-reactive ketones (excluding diaryl/α,β-unsaturated/α-hetero) is 1. The molecule has 2 aliphatic rings. The number of piperidine rings is 1. The summed E-state index contributed by atoms with van der Waals surface area (Å²) in [5.41, 5.74) is 0.735. The lowest BCUT2D eigenvalue weighted by atomic mass is 9.98. The summed E-state index contributed by atoms with van der Waals surface area (Å²) in [4.78, 5) is 34.3. The van der Waals surface area contributed by atoms with Gasteiger partial charge in [0.25, 0.3) is 0 Å². The zero-order valence-electron chi connectivity index (χ0n) is 24.3. The fourth-order valence-electron chi connectivity index (χ4n) is 5.04. The number of rotatable bonds is 9. The number of carbonyl (C=O) groups excluding carboxylic acids is 2. The van der Waals surface area contributed by atoms with Crippen molar-refractivity contribution in [1.82, 2.24) is 9.88 Å². The van der Waals surface area contributed by atoms with Crippen molar-refractivity contribution in [3.8, 4) is 17.2 Å². The molecular formula is C33H36FN3O5. The Hall–Kier alpha value is -4.19. The van der Waals surface area contributed by atoms with Gasteiger partial charge in [-0.15, -0.1) is 0 Å². The van der Waals surface area contributed by atoms with E-state index in [1.165, 1.54) is 6.07 Å². The number of benzene rings is 2. The number of likely N-dealkylation sites (tertiary alicyclic amines) is 1. The second-order valence-corrected chi connectivity index (χ2v) is 12.2. The molecular weight excluding hydrogens is 537 g/mol. The Kier molecular flexibility index (Phi) is 8.62. The molecule has 0 unspecified atom stereocenters. The second-order valence-electron chi connectivity index (χ2n) is 12.2. The van der Waals surface area contributed by atoms with Gasteiger partial charge in [-0.3, -0.25) is 9.78 Å². The van der Waals surface area contributed by atoms with E-state index in [0.717, 1.165) is 25.7 Å². The third-order valence-corrected chi connectivity index (χ3v) is 7.50. The van der Waals surface area contributed by atoms with Crippen molar-refractivity contribution in [1.29, 1.82) is 0 Å². The van der Waals surface area contributed by atoms with Crippen molar-refractivity contribution in [3.05, 3.63) is 65.4 Å². The lowest BCUT2D eigenvalue weighted by Crippen LogP contribution is -2.42. The van der Waals surface area contributed by atoms with Gasteiger partial charge in [-0.2, -0.15) is 0 Å². The molecule has 0 spiro atoms. The van der Waals surface area contributed by atoms with Gasteiger partial charge in [-0.1, -0.05) is 6.07 Å². The average molecular weight is 574 g/mol. The second kappa shape index (κ2) is 12.4. The minimum atomic E-state index is -0.528. The maximum absolute atomic E-state index is 14.8. The van der Waals surface area contributed by atoms with Crippen LogP contribution in [0.5, 0.6) is 17.2 Å². The molecule has 5 rings (SSSR count). The highest BCUT2D eigenvalue weighted by molar-refractivity contribution is 5.91. The standard InChI is InChI=1S/C33H36FN3O5/c1-33(2,3)42-32(39)37-13-10-22(11-14-37)20-40-31-19-28-26(18-29(31)35-4)30(9-12-36-28)41-25-8-7-23(27(34)17-25)16-24(38)15-21-5-6-21/h7-9,12,17-19,21-22H,5-6,10-11,13-16,20H2,1-3H3. The molecule has 2 fully saturated rings. The zero-order chi connectivity index (χ0) is 29.9. The summed E-state index contributed by atoms with van der Waals surface area (Å²) in [7, 11) is 0. The van der Waals surface area contributed by atoms with Crippen LogP contribution in [0, 0.1) is 24.2 Å². The van der Waals surface area contributed by atoms with Crippen molar-refractivity contribution < 1.29 is 28.2 Å². The maximum atomic E-state index is 14.8. The van der Waals surface area contributed by atoms with Crippen LogP contribution in [0.3, 0.4) is 0 Å². The van der Waals surface area contributed by atoms with Gasteiger partial charge in [-0.05, 0) is 88.1 Å². The van der Waals surface area contributed by atoms with Crippen molar-refractivity contribution in [3.63, 3.8) is 0 Å². The van der Waals surface area contributed by atoms with Gasteiger partial charge in [0.2, 0.25) is 5.69 Å². The van der Waals surface area contributed by atoms with Gasteiger partial charge in [0.05, 0.1) is 18.7 Å². The minimum absolute atomic E-state index is 0.0566. The van der Waals surface area contributed by atoms with Crippen molar-refractivity contribution in [2.24, 2.45) is 11.8 Å². The Balaban J connectivity index is 1.23. The molecule has 0 bridgehead atoms. The molecule has 9 heteroatoms. The van der Waals surface area contributed by atoms with Crippen LogP contribution in [0.4, 0.5) is 14.9 Å². The number of pyridine rings is 1. The smallest absolute Gasteiger partial charge is 0.410 e. The number of hydrogen-bond acceptors (Lipinski definition) is 6. The van der Waals surface area contributed by atoms with Gasteiger partial charge >= 0.3 is 6.09 Å². The lowest BCUT2D eigenvalue weighted by Gasteiger charge is -2.33. The Morgan fingerprint density at radius 1 is 1.05 bits per heavy atom. The van der Waals surface area contributed by atoms with Crippen molar-refractivity contribution in [2.45, 2.75) is 64.9 Å². The van der Waals surface area contributed by atoms with Gasteiger partial charge in [0.15, 0.2) is 0 Å². The van der Waals surface area contributed by atoms with E-state index in [2.05, 4.69) is 9.83 Å². The van der Waals surface area contributed by atoms with Gasteiger partial charge in [0.1, 0.15) is 34.5 Å². The number of aromatic nitrogens is 1. The number of carbonyl (C=O) groups is 2. The van der Waals surface area contributed by atoms with Crippen molar-refractivity contribution in [2.75, 3.05) is 19.7 Å². The molecule has 1 saturated carbocycles. The summed E-state index contributed by atoms with van der Waals surface area (Å²) in [5.74, 6) is 1.44. The molecule has 1 saturated heterocycles. The highest BCUT2D eigenvalue weighted by atomic mass is 19.1. The van der Waals surface area contributed by atoms with E-state index < -0.39 is 11.4 Å². The molecule has 8 nitrogen and oxygen atoms in total. The van der Waals surface area contributed by atoms with Crippen LogP contribution in [-0.4, -0.2) is 47.1 Å². The third kappa shape index (κ3) is 7.55. The largest absolute Gasteiger partial charge is 0.504 e. The molecule has 0 atom stereocenters. The van der Waals surface area contributed by atoms with Crippen LogP contribution in [0.15, 0.2) is 42.6 Å². The summed E-state index contributed by atoms with van der Waals surface area (Å²) in [6, 6.07) is 9.59. The fourth-order valence-corrected chi connectivity index (χ4v) is 5.04. The highest BCUT2D eigenvalue weighted by Crippen LogP contribution is 2.38. The summed E-state index contributed by atoms with van der Waals surface area (Å²) >= 11 is 0. The van der Waals surface area contributed by atoms with E-state index in [1.54, 1.807) is 41.4 Å². The molecule has 42 heavy (non-hydrogen) atoms. The molecule has 220 valence electrons. The maximum Gasteiger partial charge on any atom is 0.410 e. The molecule has 0 N–H and O–H groups in total. The Bertz CT molecular complexity index is 1510. The van der Waals surface area contributed by atoms with Gasteiger partial charge < -0.3 is 19.1 Å². The van der Waals surface area contributed by atoms with Crippen LogP contribution in [0.2, 0.25) is 0 Å². The summed E-state index contributed by atoms with van der Waals surface area (Å²) in [6.45, 7) is 14.9. The number of hydrogen-bond donors (Lipinski definition) is 0. The van der Waals surface area contributed by atoms with E-state index in [9.17, 15) is 14.0 Å². The molecule has 1 aliphatic carbocycles. The number of fused-ring (bicyclic) bond motifs is 1. The van der Waals surface area contributed by atoms with E-state index >= 15 is 0 Å². The number of halogens is 1. The predicted molar refractivity (Wildman–Crippen MR) is 157 cm³/mol. The molecule has 2 heterocycles. The van der Waals surface area contributed by atoms with Crippen LogP contribution in [0.25, 0.3) is 15.7 Å². The summed E-state index contributed by atoms with van der Waals surface area (Å²) < 4.78 is 32.4. The van der Waals surface area contributed by atoms with E-state index in [0.29, 0.717) is 71.4 Å². The first-order valence-corrected chi connectivity index (χ1v) is 14.5. The quantitative estimate of drug-likeness (QED) is 0.245. The molecule has 1 aromatic heterocycles. The lowest BCUT2D eigenvalue weighted by molar-refractivity contribution is -0.118. The number of ketones is 1.